The molecule has 0 radical (unpaired) electrons. The van der Waals surface area contributed by atoms with Crippen LogP contribution in [0.5, 0.6) is 0 Å². The van der Waals surface area contributed by atoms with Gasteiger partial charge in [-0.25, -0.2) is 21.6 Å². The van der Waals surface area contributed by atoms with Crippen molar-refractivity contribution in [3.05, 3.63) is 35.1 Å². The predicted octanol–water partition coefficient (Wildman–Crippen LogP) is 3.01. The fraction of sp³-hybridized carbons (Fsp3) is 0.333. The lowest BCUT2D eigenvalue weighted by molar-refractivity contribution is 0.0137. The maximum atomic E-state index is 13.0. The summed E-state index contributed by atoms with van der Waals surface area (Å²) in [6.07, 6.45) is 0. The van der Waals surface area contributed by atoms with Gasteiger partial charge in [0.2, 0.25) is 9.05 Å². The standard InChI is InChI=1S/C9H8ClF3O2S/c1-9(12,13)7-4-6(2-3-8(7)11)5-16(10,14)15/h2-4H,5H2,1H3. The molecule has 0 unspecified atom stereocenters. The second kappa shape index (κ2) is 4.25. The van der Waals surface area contributed by atoms with Crippen LogP contribution in [0.3, 0.4) is 0 Å². The first-order valence-electron chi connectivity index (χ1n) is 4.18. The minimum Gasteiger partial charge on any atom is -0.212 e. The lowest BCUT2D eigenvalue weighted by Gasteiger charge is -2.12. The highest BCUT2D eigenvalue weighted by molar-refractivity contribution is 8.13. The van der Waals surface area contributed by atoms with Gasteiger partial charge >= 0.3 is 0 Å². The number of benzene rings is 1. The number of halogens is 4. The normalized spacial score (nSPS) is 12.8. The average molecular weight is 273 g/mol. The summed E-state index contributed by atoms with van der Waals surface area (Å²) < 4.78 is 60.3. The fourth-order valence-electron chi connectivity index (χ4n) is 1.20. The van der Waals surface area contributed by atoms with Crippen molar-refractivity contribution in [3.8, 4) is 0 Å². The minimum absolute atomic E-state index is 0.0212. The molecule has 0 heterocycles. The van der Waals surface area contributed by atoms with Gasteiger partial charge in [0, 0.05) is 17.6 Å². The molecule has 0 fully saturated rings. The van der Waals surface area contributed by atoms with E-state index in [9.17, 15) is 21.6 Å². The maximum absolute atomic E-state index is 13.0. The molecule has 0 N–H and O–H groups in total. The Morgan fingerprint density at radius 1 is 1.38 bits per heavy atom. The first-order chi connectivity index (χ1) is 7.09. The Balaban J connectivity index is 3.18. The van der Waals surface area contributed by atoms with Crippen molar-refractivity contribution in [1.82, 2.24) is 0 Å². The van der Waals surface area contributed by atoms with Crippen molar-refractivity contribution >= 4 is 19.7 Å². The van der Waals surface area contributed by atoms with Gasteiger partial charge in [-0.05, 0) is 17.7 Å². The van der Waals surface area contributed by atoms with E-state index in [1.165, 1.54) is 0 Å². The van der Waals surface area contributed by atoms with E-state index in [0.29, 0.717) is 6.92 Å². The molecule has 7 heteroatoms. The molecule has 0 aromatic heterocycles. The van der Waals surface area contributed by atoms with Crippen LogP contribution in [0, 0.1) is 5.82 Å². The largest absolute Gasteiger partial charge is 0.273 e. The fourth-order valence-corrected chi connectivity index (χ4v) is 2.15. The Hall–Kier alpha value is -0.750. The summed E-state index contributed by atoms with van der Waals surface area (Å²) in [7, 11) is 1.12. The Labute approximate surface area is 95.5 Å². The highest BCUT2D eigenvalue weighted by Gasteiger charge is 2.28. The molecule has 16 heavy (non-hydrogen) atoms. The lowest BCUT2D eigenvalue weighted by atomic mass is 10.1. The first kappa shape index (κ1) is 13.3. The van der Waals surface area contributed by atoms with Crippen molar-refractivity contribution in [2.24, 2.45) is 0 Å². The van der Waals surface area contributed by atoms with E-state index < -0.39 is 32.1 Å². The van der Waals surface area contributed by atoms with E-state index in [1.54, 1.807) is 0 Å². The quantitative estimate of drug-likeness (QED) is 0.793. The van der Waals surface area contributed by atoms with Crippen molar-refractivity contribution in [2.75, 3.05) is 0 Å². The average Bonchev–Trinajstić information content (AvgIpc) is 2.04. The van der Waals surface area contributed by atoms with E-state index >= 15 is 0 Å². The van der Waals surface area contributed by atoms with Crippen molar-refractivity contribution in [2.45, 2.75) is 18.6 Å². The Bertz CT molecular complexity index is 494. The van der Waals surface area contributed by atoms with Crippen LogP contribution in [-0.2, 0) is 20.7 Å². The molecule has 0 aliphatic heterocycles. The zero-order chi connectivity index (χ0) is 12.6. The number of hydrogen-bond acceptors (Lipinski definition) is 2. The van der Waals surface area contributed by atoms with Crippen LogP contribution in [0.1, 0.15) is 18.1 Å². The first-order valence-corrected chi connectivity index (χ1v) is 6.66. The molecule has 90 valence electrons. The van der Waals surface area contributed by atoms with Crippen LogP contribution in [0.25, 0.3) is 0 Å². The van der Waals surface area contributed by atoms with Crippen molar-refractivity contribution < 1.29 is 21.6 Å². The van der Waals surface area contributed by atoms with Crippen LogP contribution in [0.2, 0.25) is 0 Å². The molecule has 0 saturated heterocycles. The topological polar surface area (TPSA) is 34.1 Å². The maximum Gasteiger partial charge on any atom is 0.273 e. The van der Waals surface area contributed by atoms with Crippen molar-refractivity contribution in [3.63, 3.8) is 0 Å². The Kier molecular flexibility index (Phi) is 3.54. The molecule has 1 aromatic carbocycles. The molecular weight excluding hydrogens is 265 g/mol. The zero-order valence-corrected chi connectivity index (χ0v) is 9.75. The molecule has 0 bridgehead atoms. The van der Waals surface area contributed by atoms with Gasteiger partial charge in [-0.1, -0.05) is 6.07 Å². The monoisotopic (exact) mass is 272 g/mol. The third-order valence-electron chi connectivity index (χ3n) is 1.84. The third kappa shape index (κ3) is 3.68. The summed E-state index contributed by atoms with van der Waals surface area (Å²) in [5.74, 6) is -5.06. The summed E-state index contributed by atoms with van der Waals surface area (Å²) >= 11 is 0. The molecule has 1 aromatic rings. The van der Waals surface area contributed by atoms with Crippen LogP contribution >= 0.6 is 10.7 Å². The third-order valence-corrected chi connectivity index (χ3v) is 2.85. The highest BCUT2D eigenvalue weighted by Crippen LogP contribution is 2.30. The predicted molar refractivity (Wildman–Crippen MR) is 54.4 cm³/mol. The van der Waals surface area contributed by atoms with Gasteiger partial charge in [0.1, 0.15) is 5.82 Å². The van der Waals surface area contributed by atoms with Crippen LogP contribution < -0.4 is 0 Å². The summed E-state index contributed by atoms with van der Waals surface area (Å²) in [6, 6.07) is 2.70. The molecule has 1 rings (SSSR count). The highest BCUT2D eigenvalue weighted by atomic mass is 35.7. The molecule has 0 saturated carbocycles. The SMILES string of the molecule is CC(F)(F)c1cc(CS(=O)(=O)Cl)ccc1F. The molecule has 0 amide bonds. The van der Waals surface area contributed by atoms with E-state index in [2.05, 4.69) is 0 Å². The summed E-state index contributed by atoms with van der Waals surface area (Å²) in [4.78, 5) is 0. The van der Waals surface area contributed by atoms with Crippen LogP contribution in [-0.4, -0.2) is 8.42 Å². The smallest absolute Gasteiger partial charge is 0.212 e. The van der Waals surface area contributed by atoms with Gasteiger partial charge in [-0.2, -0.15) is 0 Å². The molecule has 0 aliphatic carbocycles. The zero-order valence-electron chi connectivity index (χ0n) is 8.18. The van der Waals surface area contributed by atoms with E-state index in [0.717, 1.165) is 18.2 Å². The lowest BCUT2D eigenvalue weighted by Crippen LogP contribution is -2.11. The Morgan fingerprint density at radius 3 is 2.38 bits per heavy atom. The molecule has 0 atom stereocenters. The summed E-state index contributed by atoms with van der Waals surface area (Å²) in [6.45, 7) is 0.532. The van der Waals surface area contributed by atoms with Gasteiger partial charge in [-0.3, -0.25) is 0 Å². The Morgan fingerprint density at radius 2 is 1.94 bits per heavy atom. The molecular formula is C9H8ClF3O2S. The minimum atomic E-state index is -3.85. The van der Waals surface area contributed by atoms with Gasteiger partial charge in [0.15, 0.2) is 0 Å². The van der Waals surface area contributed by atoms with Gasteiger partial charge in [-0.15, -0.1) is 0 Å². The van der Waals surface area contributed by atoms with Crippen LogP contribution in [0.15, 0.2) is 18.2 Å². The van der Waals surface area contributed by atoms with Crippen molar-refractivity contribution in [1.29, 1.82) is 0 Å². The van der Waals surface area contributed by atoms with E-state index in [1.807, 2.05) is 0 Å². The number of rotatable bonds is 3. The van der Waals surface area contributed by atoms with Gasteiger partial charge in [0.05, 0.1) is 11.3 Å². The van der Waals surface area contributed by atoms with Gasteiger partial charge < -0.3 is 0 Å². The van der Waals surface area contributed by atoms with Crippen LogP contribution in [0.4, 0.5) is 13.2 Å². The van der Waals surface area contributed by atoms with E-state index in [-0.39, 0.29) is 5.56 Å². The summed E-state index contributed by atoms with van der Waals surface area (Å²) in [5.41, 5.74) is -0.821. The van der Waals surface area contributed by atoms with E-state index in [4.69, 9.17) is 10.7 Å². The summed E-state index contributed by atoms with van der Waals surface area (Å²) in [5, 5.41) is 0. The second-order valence-corrected chi connectivity index (χ2v) is 6.16. The second-order valence-electron chi connectivity index (χ2n) is 3.39. The van der Waals surface area contributed by atoms with Gasteiger partial charge in [0.25, 0.3) is 5.92 Å². The number of alkyl halides is 2. The molecule has 2 nitrogen and oxygen atoms in total. The molecule has 0 aliphatic rings. The number of hydrogen-bond donors (Lipinski definition) is 0. The molecule has 0 spiro atoms.